The summed E-state index contributed by atoms with van der Waals surface area (Å²) in [5.41, 5.74) is 0. The highest BCUT2D eigenvalue weighted by Gasteiger charge is 2.23. The average Bonchev–Trinajstić information content (AvgIpc) is 2.97. The quantitative estimate of drug-likeness (QED) is 0.788. The molecule has 1 aromatic carbocycles. The Hall–Kier alpha value is -2.46. The fourth-order valence-electron chi connectivity index (χ4n) is 2.03. The Bertz CT molecular complexity index is 781. The fraction of sp³-hybridized carbons (Fsp3) is 0.312. The summed E-state index contributed by atoms with van der Waals surface area (Å²) < 4.78 is 19.4. The molecule has 2 rings (SSSR count). The van der Waals surface area contributed by atoms with Crippen LogP contribution in [0.4, 0.5) is 4.39 Å². The van der Waals surface area contributed by atoms with Crippen LogP contribution in [0.2, 0.25) is 0 Å². The highest BCUT2D eigenvalue weighted by Crippen LogP contribution is 2.28. The van der Waals surface area contributed by atoms with Crippen molar-refractivity contribution in [2.45, 2.75) is 19.4 Å². The molecule has 1 aromatic heterocycles. The van der Waals surface area contributed by atoms with E-state index in [0.717, 1.165) is 11.3 Å². The van der Waals surface area contributed by atoms with Crippen LogP contribution in [0, 0.1) is 17.1 Å². The van der Waals surface area contributed by atoms with Crippen LogP contribution >= 0.6 is 11.3 Å². The lowest BCUT2D eigenvalue weighted by Gasteiger charge is -2.20. The Morgan fingerprint density at radius 1 is 1.48 bits per heavy atom. The van der Waals surface area contributed by atoms with Gasteiger partial charge in [-0.3, -0.25) is 4.79 Å². The predicted octanol–water partition coefficient (Wildman–Crippen LogP) is 2.96. The van der Waals surface area contributed by atoms with Crippen molar-refractivity contribution in [3.05, 3.63) is 35.0 Å². The van der Waals surface area contributed by atoms with Crippen LogP contribution in [-0.4, -0.2) is 36.5 Å². The SMILES string of the molecule is C[C@H](OC(=O)c1cc2c(F)cccc2s1)C(=O)N(C)CCC#N. The van der Waals surface area contributed by atoms with E-state index in [-0.39, 0.29) is 23.7 Å². The van der Waals surface area contributed by atoms with Gasteiger partial charge >= 0.3 is 5.97 Å². The van der Waals surface area contributed by atoms with Crippen LogP contribution in [0.25, 0.3) is 10.1 Å². The molecular weight excluding hydrogens is 319 g/mol. The third kappa shape index (κ3) is 3.85. The average molecular weight is 334 g/mol. The van der Waals surface area contributed by atoms with Crippen LogP contribution < -0.4 is 0 Å². The largest absolute Gasteiger partial charge is 0.448 e. The number of nitriles is 1. The Morgan fingerprint density at radius 2 is 2.22 bits per heavy atom. The second kappa shape index (κ2) is 7.20. The number of amides is 1. The molecule has 0 N–H and O–H groups in total. The molecule has 120 valence electrons. The number of ether oxygens (including phenoxy) is 1. The van der Waals surface area contributed by atoms with Gasteiger partial charge in [0.2, 0.25) is 0 Å². The van der Waals surface area contributed by atoms with Crippen LogP contribution in [0.3, 0.4) is 0 Å². The lowest BCUT2D eigenvalue weighted by molar-refractivity contribution is -0.138. The van der Waals surface area contributed by atoms with E-state index in [0.29, 0.717) is 10.1 Å². The summed E-state index contributed by atoms with van der Waals surface area (Å²) in [4.78, 5) is 25.7. The van der Waals surface area contributed by atoms with Crippen molar-refractivity contribution in [2.24, 2.45) is 0 Å². The number of rotatable bonds is 5. The number of likely N-dealkylation sites (N-methyl/N-ethyl adjacent to an activating group) is 1. The number of nitrogens with zero attached hydrogens (tertiary/aromatic N) is 2. The number of carbonyl (C=O) groups excluding carboxylic acids is 2. The zero-order valence-electron chi connectivity index (χ0n) is 12.7. The highest BCUT2D eigenvalue weighted by atomic mass is 32.1. The highest BCUT2D eigenvalue weighted by molar-refractivity contribution is 7.20. The fourth-order valence-corrected chi connectivity index (χ4v) is 2.99. The molecule has 0 saturated heterocycles. The van der Waals surface area contributed by atoms with Gasteiger partial charge in [-0.1, -0.05) is 6.07 Å². The van der Waals surface area contributed by atoms with Gasteiger partial charge in [-0.05, 0) is 25.1 Å². The van der Waals surface area contributed by atoms with Gasteiger partial charge in [0.05, 0.1) is 12.5 Å². The first-order chi connectivity index (χ1) is 10.9. The molecule has 0 radical (unpaired) electrons. The van der Waals surface area contributed by atoms with Crippen LogP contribution in [-0.2, 0) is 9.53 Å². The first-order valence-corrected chi connectivity index (χ1v) is 7.76. The molecule has 5 nitrogen and oxygen atoms in total. The zero-order chi connectivity index (χ0) is 17.0. The summed E-state index contributed by atoms with van der Waals surface area (Å²) >= 11 is 1.11. The van der Waals surface area contributed by atoms with E-state index in [9.17, 15) is 14.0 Å². The van der Waals surface area contributed by atoms with Crippen LogP contribution in [0.15, 0.2) is 24.3 Å². The van der Waals surface area contributed by atoms with Gasteiger partial charge in [-0.25, -0.2) is 9.18 Å². The Balaban J connectivity index is 2.07. The standard InChI is InChI=1S/C16H15FN2O3S/c1-10(15(20)19(2)8-4-7-18)22-16(21)14-9-11-12(17)5-3-6-13(11)23-14/h3,5-6,9-10H,4,8H2,1-2H3/t10-/m0/s1. The smallest absolute Gasteiger partial charge is 0.349 e. The molecule has 0 unspecified atom stereocenters. The molecule has 2 aromatic rings. The van der Waals surface area contributed by atoms with E-state index in [2.05, 4.69) is 0 Å². The van der Waals surface area contributed by atoms with Gasteiger partial charge in [0.15, 0.2) is 6.10 Å². The molecule has 0 spiro atoms. The maximum absolute atomic E-state index is 13.6. The van der Waals surface area contributed by atoms with Gasteiger partial charge < -0.3 is 9.64 Å². The van der Waals surface area contributed by atoms with Crippen molar-refractivity contribution in [1.82, 2.24) is 4.90 Å². The number of carbonyl (C=O) groups is 2. The molecule has 0 aliphatic rings. The number of hydrogen-bond acceptors (Lipinski definition) is 5. The first-order valence-electron chi connectivity index (χ1n) is 6.95. The summed E-state index contributed by atoms with van der Waals surface area (Å²) in [6, 6.07) is 7.97. The third-order valence-corrected chi connectivity index (χ3v) is 4.36. The zero-order valence-corrected chi connectivity index (χ0v) is 13.5. The Kier molecular flexibility index (Phi) is 5.29. The molecule has 1 atom stereocenters. The van der Waals surface area contributed by atoms with Gasteiger partial charge in [-0.15, -0.1) is 11.3 Å². The van der Waals surface area contributed by atoms with Gasteiger partial charge in [0.25, 0.3) is 5.91 Å². The second-order valence-electron chi connectivity index (χ2n) is 4.98. The maximum atomic E-state index is 13.6. The van der Waals surface area contributed by atoms with Crippen molar-refractivity contribution < 1.29 is 18.7 Å². The van der Waals surface area contributed by atoms with Crippen molar-refractivity contribution >= 4 is 33.3 Å². The lowest BCUT2D eigenvalue weighted by atomic mass is 10.2. The third-order valence-electron chi connectivity index (χ3n) is 3.28. The van der Waals surface area contributed by atoms with Crippen molar-refractivity contribution in [2.75, 3.05) is 13.6 Å². The number of fused-ring (bicyclic) bond motifs is 1. The minimum Gasteiger partial charge on any atom is -0.448 e. The van der Waals surface area contributed by atoms with E-state index >= 15 is 0 Å². The molecule has 1 amide bonds. The van der Waals surface area contributed by atoms with E-state index in [1.807, 2.05) is 6.07 Å². The summed E-state index contributed by atoms with van der Waals surface area (Å²) in [5, 5.41) is 8.87. The molecule has 23 heavy (non-hydrogen) atoms. The van der Waals surface area contributed by atoms with Crippen molar-refractivity contribution in [3.63, 3.8) is 0 Å². The van der Waals surface area contributed by atoms with E-state index in [1.54, 1.807) is 19.2 Å². The summed E-state index contributed by atoms with van der Waals surface area (Å²) in [6.07, 6.45) is -0.764. The molecule has 1 heterocycles. The molecule has 0 fully saturated rings. The molecule has 0 saturated carbocycles. The maximum Gasteiger partial charge on any atom is 0.349 e. The van der Waals surface area contributed by atoms with Crippen LogP contribution in [0.5, 0.6) is 0 Å². The summed E-state index contributed by atoms with van der Waals surface area (Å²) in [5.74, 6) is -1.46. The molecular formula is C16H15FN2O3S. The minimum atomic E-state index is -0.971. The van der Waals surface area contributed by atoms with Crippen molar-refractivity contribution in [3.8, 4) is 6.07 Å². The number of hydrogen-bond donors (Lipinski definition) is 0. The van der Waals surface area contributed by atoms with Gasteiger partial charge in [0.1, 0.15) is 10.7 Å². The number of halogens is 1. The van der Waals surface area contributed by atoms with Gasteiger partial charge in [0, 0.05) is 23.7 Å². The summed E-state index contributed by atoms with van der Waals surface area (Å²) in [6.45, 7) is 1.74. The lowest BCUT2D eigenvalue weighted by Crippen LogP contribution is -2.37. The van der Waals surface area contributed by atoms with Gasteiger partial charge in [-0.2, -0.15) is 5.26 Å². The Labute approximate surface area is 136 Å². The van der Waals surface area contributed by atoms with E-state index in [4.69, 9.17) is 10.00 Å². The molecule has 7 heteroatoms. The molecule has 0 aliphatic heterocycles. The van der Waals surface area contributed by atoms with Crippen molar-refractivity contribution in [1.29, 1.82) is 5.26 Å². The predicted molar refractivity (Wildman–Crippen MR) is 84.5 cm³/mol. The first kappa shape index (κ1) is 16.9. The minimum absolute atomic E-state index is 0.207. The number of esters is 1. The van der Waals surface area contributed by atoms with E-state index < -0.39 is 17.9 Å². The Morgan fingerprint density at radius 3 is 2.87 bits per heavy atom. The molecule has 0 aliphatic carbocycles. The molecule has 0 bridgehead atoms. The topological polar surface area (TPSA) is 70.4 Å². The number of benzene rings is 1. The van der Waals surface area contributed by atoms with Crippen LogP contribution in [0.1, 0.15) is 23.0 Å². The monoisotopic (exact) mass is 334 g/mol. The summed E-state index contributed by atoms with van der Waals surface area (Å²) in [7, 11) is 1.54. The normalized spacial score (nSPS) is 11.7. The number of thiophene rings is 1. The van der Waals surface area contributed by atoms with E-state index in [1.165, 1.54) is 24.0 Å². The second-order valence-corrected chi connectivity index (χ2v) is 6.06.